The first-order valence-corrected chi connectivity index (χ1v) is 9.81. The van der Waals surface area contributed by atoms with Crippen LogP contribution in [0.1, 0.15) is 16.8 Å². The Morgan fingerprint density at radius 2 is 1.67 bits per heavy atom. The summed E-state index contributed by atoms with van der Waals surface area (Å²) in [6.07, 6.45) is 3.50. The highest BCUT2D eigenvalue weighted by Gasteiger charge is 2.35. The van der Waals surface area contributed by atoms with E-state index in [9.17, 15) is 14.4 Å². The summed E-state index contributed by atoms with van der Waals surface area (Å²) in [6, 6.07) is 16.1. The van der Waals surface area contributed by atoms with E-state index in [1.807, 2.05) is 30.3 Å². The number of amides is 3. The van der Waals surface area contributed by atoms with Crippen molar-refractivity contribution >= 4 is 29.1 Å². The van der Waals surface area contributed by atoms with Gasteiger partial charge in [0.25, 0.3) is 5.91 Å². The molecule has 6 nitrogen and oxygen atoms in total. The van der Waals surface area contributed by atoms with Crippen LogP contribution in [0, 0.1) is 5.92 Å². The molecule has 1 saturated heterocycles. The zero-order chi connectivity index (χ0) is 21.5. The van der Waals surface area contributed by atoms with E-state index in [4.69, 9.17) is 0 Å². The highest BCUT2D eigenvalue weighted by molar-refractivity contribution is 6.03. The zero-order valence-corrected chi connectivity index (χ0v) is 16.8. The minimum absolute atomic E-state index is 0.0631. The van der Waals surface area contributed by atoms with Gasteiger partial charge in [0.2, 0.25) is 11.8 Å². The summed E-state index contributed by atoms with van der Waals surface area (Å²) in [6.45, 7) is 8.55. The van der Waals surface area contributed by atoms with Crippen molar-refractivity contribution in [2.75, 3.05) is 29.9 Å². The largest absolute Gasteiger partial charge is 0.331 e. The monoisotopic (exact) mass is 403 g/mol. The Morgan fingerprint density at radius 3 is 2.27 bits per heavy atom. The number of nitrogens with one attached hydrogen (secondary N) is 1. The highest BCUT2D eigenvalue weighted by Crippen LogP contribution is 2.26. The second kappa shape index (κ2) is 9.69. The van der Waals surface area contributed by atoms with Crippen molar-refractivity contribution in [2.45, 2.75) is 6.42 Å². The van der Waals surface area contributed by atoms with E-state index in [1.165, 1.54) is 0 Å². The van der Waals surface area contributed by atoms with E-state index in [1.54, 1.807) is 46.2 Å². The lowest BCUT2D eigenvalue weighted by Crippen LogP contribution is -2.31. The fourth-order valence-corrected chi connectivity index (χ4v) is 3.42. The number of hydrogen-bond acceptors (Lipinski definition) is 3. The van der Waals surface area contributed by atoms with Crippen molar-refractivity contribution in [1.29, 1.82) is 0 Å². The SMILES string of the molecule is C=CCN(CC=C)C(=O)c1ccc(NC(=O)C2CC(=O)N(c3ccccc3)C2)cc1. The van der Waals surface area contributed by atoms with Gasteiger partial charge in [-0.2, -0.15) is 0 Å². The number of rotatable bonds is 8. The topological polar surface area (TPSA) is 69.7 Å². The molecule has 2 aromatic rings. The third-order valence-corrected chi connectivity index (χ3v) is 4.95. The van der Waals surface area contributed by atoms with Gasteiger partial charge in [-0.25, -0.2) is 0 Å². The highest BCUT2D eigenvalue weighted by atomic mass is 16.2. The third kappa shape index (κ3) is 4.84. The van der Waals surface area contributed by atoms with Crippen molar-refractivity contribution in [3.8, 4) is 0 Å². The first-order chi connectivity index (χ1) is 14.5. The second-order valence-electron chi connectivity index (χ2n) is 7.10. The maximum atomic E-state index is 12.6. The first kappa shape index (κ1) is 21.0. The van der Waals surface area contributed by atoms with E-state index < -0.39 is 5.92 Å². The molecule has 1 heterocycles. The molecule has 0 bridgehead atoms. The van der Waals surface area contributed by atoms with Crippen LogP contribution >= 0.6 is 0 Å². The van der Waals surface area contributed by atoms with E-state index in [0.29, 0.717) is 30.9 Å². The molecule has 1 aliphatic heterocycles. The molecule has 0 aromatic heterocycles. The van der Waals surface area contributed by atoms with Crippen LogP contribution in [-0.2, 0) is 9.59 Å². The van der Waals surface area contributed by atoms with E-state index in [2.05, 4.69) is 18.5 Å². The number of carbonyl (C=O) groups excluding carboxylic acids is 3. The van der Waals surface area contributed by atoms with Crippen molar-refractivity contribution in [3.05, 3.63) is 85.5 Å². The molecule has 0 aliphatic carbocycles. The Hall–Kier alpha value is -3.67. The molecule has 154 valence electrons. The predicted molar refractivity (Wildman–Crippen MR) is 118 cm³/mol. The third-order valence-electron chi connectivity index (χ3n) is 4.95. The molecule has 2 aromatic carbocycles. The van der Waals surface area contributed by atoms with Gasteiger partial charge in [0.1, 0.15) is 0 Å². The maximum Gasteiger partial charge on any atom is 0.254 e. The number of anilines is 2. The Kier molecular flexibility index (Phi) is 6.80. The van der Waals surface area contributed by atoms with Crippen LogP contribution in [0.3, 0.4) is 0 Å². The molecule has 6 heteroatoms. The molecule has 3 amide bonds. The molecule has 30 heavy (non-hydrogen) atoms. The van der Waals surface area contributed by atoms with Gasteiger partial charge in [0, 0.05) is 43.0 Å². The average Bonchev–Trinajstić information content (AvgIpc) is 3.16. The fraction of sp³-hybridized carbons (Fsp3) is 0.208. The lowest BCUT2D eigenvalue weighted by Gasteiger charge is -2.19. The molecule has 0 saturated carbocycles. The Bertz CT molecular complexity index is 928. The van der Waals surface area contributed by atoms with Gasteiger partial charge >= 0.3 is 0 Å². The van der Waals surface area contributed by atoms with Gasteiger partial charge in [0.15, 0.2) is 0 Å². The summed E-state index contributed by atoms with van der Waals surface area (Å²) in [4.78, 5) is 40.8. The van der Waals surface area contributed by atoms with Gasteiger partial charge in [-0.1, -0.05) is 30.4 Å². The van der Waals surface area contributed by atoms with Crippen LogP contribution in [0.5, 0.6) is 0 Å². The molecule has 0 spiro atoms. The molecule has 1 fully saturated rings. The average molecular weight is 403 g/mol. The number of hydrogen-bond donors (Lipinski definition) is 1. The molecule has 1 unspecified atom stereocenters. The van der Waals surface area contributed by atoms with Crippen LogP contribution in [0.4, 0.5) is 11.4 Å². The van der Waals surface area contributed by atoms with Gasteiger partial charge in [-0.15, -0.1) is 13.2 Å². The van der Waals surface area contributed by atoms with Crippen LogP contribution in [-0.4, -0.2) is 42.3 Å². The molecular formula is C24H25N3O3. The van der Waals surface area contributed by atoms with Crippen molar-refractivity contribution in [2.24, 2.45) is 5.92 Å². The normalized spacial score (nSPS) is 15.5. The van der Waals surface area contributed by atoms with Gasteiger partial charge in [-0.05, 0) is 36.4 Å². The molecule has 1 atom stereocenters. The predicted octanol–water partition coefficient (Wildman–Crippen LogP) is 3.49. The summed E-state index contributed by atoms with van der Waals surface area (Å²) >= 11 is 0. The summed E-state index contributed by atoms with van der Waals surface area (Å²) < 4.78 is 0. The number of benzene rings is 2. The van der Waals surface area contributed by atoms with Crippen LogP contribution in [0.15, 0.2) is 79.9 Å². The van der Waals surface area contributed by atoms with Crippen LogP contribution in [0.25, 0.3) is 0 Å². The number of carbonyl (C=O) groups is 3. The van der Waals surface area contributed by atoms with Crippen LogP contribution in [0.2, 0.25) is 0 Å². The maximum absolute atomic E-state index is 12.6. The second-order valence-corrected chi connectivity index (χ2v) is 7.10. The van der Waals surface area contributed by atoms with Crippen molar-refractivity contribution in [3.63, 3.8) is 0 Å². The lowest BCUT2D eigenvalue weighted by atomic mass is 10.1. The Labute approximate surface area is 176 Å². The number of nitrogens with zero attached hydrogens (tertiary/aromatic N) is 2. The summed E-state index contributed by atoms with van der Waals surface area (Å²) in [5.74, 6) is -0.824. The fourth-order valence-electron chi connectivity index (χ4n) is 3.42. The smallest absolute Gasteiger partial charge is 0.254 e. The Balaban J connectivity index is 1.62. The lowest BCUT2D eigenvalue weighted by molar-refractivity contribution is -0.122. The Morgan fingerprint density at radius 1 is 1.03 bits per heavy atom. The molecular weight excluding hydrogens is 378 g/mol. The standard InChI is InChI=1S/C24H25N3O3/c1-3-14-26(15-4-2)24(30)18-10-12-20(13-11-18)25-23(29)19-16-22(28)27(17-19)21-8-6-5-7-9-21/h3-13,19H,1-2,14-17H2,(H,25,29). The van der Waals surface area contributed by atoms with Crippen LogP contribution < -0.4 is 10.2 Å². The summed E-state index contributed by atoms with van der Waals surface area (Å²) in [7, 11) is 0. The minimum atomic E-state index is -0.422. The number of para-hydroxylation sites is 1. The zero-order valence-electron chi connectivity index (χ0n) is 16.8. The molecule has 1 N–H and O–H groups in total. The minimum Gasteiger partial charge on any atom is -0.331 e. The van der Waals surface area contributed by atoms with E-state index in [0.717, 1.165) is 5.69 Å². The summed E-state index contributed by atoms with van der Waals surface area (Å²) in [5, 5.41) is 2.85. The van der Waals surface area contributed by atoms with Crippen molar-refractivity contribution in [1.82, 2.24) is 4.90 Å². The van der Waals surface area contributed by atoms with Crippen molar-refractivity contribution < 1.29 is 14.4 Å². The van der Waals surface area contributed by atoms with Gasteiger partial charge in [0.05, 0.1) is 5.92 Å². The quantitative estimate of drug-likeness (QED) is 0.686. The van der Waals surface area contributed by atoms with Gasteiger partial charge < -0.3 is 15.1 Å². The molecule has 1 aliphatic rings. The molecule has 0 radical (unpaired) electrons. The van der Waals surface area contributed by atoms with E-state index in [-0.39, 0.29) is 24.1 Å². The molecule has 3 rings (SSSR count). The van der Waals surface area contributed by atoms with Gasteiger partial charge in [-0.3, -0.25) is 14.4 Å². The summed E-state index contributed by atoms with van der Waals surface area (Å²) in [5.41, 5.74) is 1.90. The van der Waals surface area contributed by atoms with E-state index >= 15 is 0 Å². The first-order valence-electron chi connectivity index (χ1n) is 9.81.